The zero-order chi connectivity index (χ0) is 19.3. The molecule has 0 atom stereocenters. The van der Waals surface area contributed by atoms with Crippen LogP contribution in [0, 0.1) is 5.82 Å². The maximum Gasteiger partial charge on any atom is 0.146 e. The predicted molar refractivity (Wildman–Crippen MR) is 108 cm³/mol. The molecule has 0 unspecified atom stereocenters. The van der Waals surface area contributed by atoms with Gasteiger partial charge in [-0.05, 0) is 69.6 Å². The molecule has 28 heavy (non-hydrogen) atoms. The van der Waals surface area contributed by atoms with E-state index in [0.29, 0.717) is 5.92 Å². The molecule has 0 amide bonds. The molecule has 0 saturated carbocycles. The average molecular weight is 386 g/mol. The summed E-state index contributed by atoms with van der Waals surface area (Å²) in [5.74, 6) is 2.55. The molecule has 0 radical (unpaired) electrons. The lowest BCUT2D eigenvalue weighted by molar-refractivity contribution is 0.200. The van der Waals surface area contributed by atoms with E-state index in [1.165, 1.54) is 44.8 Å². The molecule has 1 aromatic heterocycles. The molecule has 2 aromatic rings. The van der Waals surface area contributed by atoms with E-state index in [-0.39, 0.29) is 5.82 Å². The maximum absolute atomic E-state index is 13.4. The smallest absolute Gasteiger partial charge is 0.146 e. The molecule has 0 N–H and O–H groups in total. The molecule has 0 aliphatic carbocycles. The van der Waals surface area contributed by atoms with Crippen LogP contribution in [-0.4, -0.2) is 50.7 Å². The number of hydrogen-bond acceptors (Lipinski definition) is 4. The third kappa shape index (κ3) is 4.78. The van der Waals surface area contributed by atoms with Gasteiger partial charge in [-0.25, -0.2) is 4.39 Å². The molecule has 2 aliphatic rings. The fourth-order valence-corrected chi connectivity index (χ4v) is 4.61. The fraction of sp³-hybridized carbons (Fsp3) is 0.636. The Bertz CT molecular complexity index is 758. The zero-order valence-electron chi connectivity index (χ0n) is 17.0. The van der Waals surface area contributed by atoms with Crippen LogP contribution in [0.25, 0.3) is 0 Å². The molecule has 2 fully saturated rings. The van der Waals surface area contributed by atoms with Gasteiger partial charge in [0.2, 0.25) is 0 Å². The molecule has 0 spiro atoms. The van der Waals surface area contributed by atoms with Gasteiger partial charge in [0.25, 0.3) is 0 Å². The Kier molecular flexibility index (Phi) is 6.37. The van der Waals surface area contributed by atoms with Gasteiger partial charge in [-0.1, -0.05) is 25.0 Å². The van der Waals surface area contributed by atoms with Gasteiger partial charge in [0.05, 0.1) is 6.54 Å². The molecule has 4 rings (SSSR count). The van der Waals surface area contributed by atoms with E-state index < -0.39 is 0 Å². The number of likely N-dealkylation sites (tertiary alicyclic amines) is 2. The van der Waals surface area contributed by atoms with E-state index in [9.17, 15) is 4.39 Å². The first-order valence-electron chi connectivity index (χ1n) is 10.8. The number of nitrogens with zero attached hydrogens (tertiary/aromatic N) is 5. The third-order valence-corrected chi connectivity index (χ3v) is 6.31. The van der Waals surface area contributed by atoms with Crippen molar-refractivity contribution in [1.82, 2.24) is 24.6 Å². The Morgan fingerprint density at radius 2 is 1.64 bits per heavy atom. The molecule has 152 valence electrons. The molecule has 5 nitrogen and oxygen atoms in total. The summed E-state index contributed by atoms with van der Waals surface area (Å²) >= 11 is 0. The normalized spacial score (nSPS) is 20.4. The highest BCUT2D eigenvalue weighted by Gasteiger charge is 2.25. The number of aromatic nitrogens is 3. The molecule has 0 bridgehead atoms. The minimum atomic E-state index is -0.150. The van der Waals surface area contributed by atoms with Crippen molar-refractivity contribution in [2.75, 3.05) is 26.2 Å². The first kappa shape index (κ1) is 19.5. The van der Waals surface area contributed by atoms with Crippen LogP contribution in [0.2, 0.25) is 0 Å². The van der Waals surface area contributed by atoms with Gasteiger partial charge in [0, 0.05) is 19.5 Å². The predicted octanol–water partition coefficient (Wildman–Crippen LogP) is 3.71. The summed E-state index contributed by atoms with van der Waals surface area (Å²) in [5, 5.41) is 9.10. The molecule has 3 heterocycles. The molecule has 1 aromatic carbocycles. The van der Waals surface area contributed by atoms with Crippen molar-refractivity contribution in [3.8, 4) is 0 Å². The Labute approximate surface area is 167 Å². The number of rotatable bonds is 5. The highest BCUT2D eigenvalue weighted by Crippen LogP contribution is 2.28. The van der Waals surface area contributed by atoms with Gasteiger partial charge in [0.1, 0.15) is 17.5 Å². The second-order valence-electron chi connectivity index (χ2n) is 8.40. The van der Waals surface area contributed by atoms with Gasteiger partial charge in [0.15, 0.2) is 0 Å². The quantitative estimate of drug-likeness (QED) is 0.786. The topological polar surface area (TPSA) is 37.2 Å². The molecular weight excluding hydrogens is 353 g/mol. The van der Waals surface area contributed by atoms with Gasteiger partial charge < -0.3 is 4.57 Å². The first-order valence-corrected chi connectivity index (χ1v) is 10.8. The lowest BCUT2D eigenvalue weighted by atomic mass is 9.95. The second kappa shape index (κ2) is 9.14. The number of hydrogen-bond donors (Lipinski definition) is 0. The van der Waals surface area contributed by atoms with Gasteiger partial charge in [-0.15, -0.1) is 10.2 Å². The molecule has 6 heteroatoms. The van der Waals surface area contributed by atoms with Gasteiger partial charge >= 0.3 is 0 Å². The van der Waals surface area contributed by atoms with E-state index in [0.717, 1.165) is 56.2 Å². The highest BCUT2D eigenvalue weighted by molar-refractivity contribution is 5.16. The Hall–Kier alpha value is -1.79. The lowest BCUT2D eigenvalue weighted by Gasteiger charge is -2.31. The van der Waals surface area contributed by atoms with Crippen molar-refractivity contribution in [3.63, 3.8) is 0 Å². The number of halogens is 1. The Morgan fingerprint density at radius 1 is 0.929 bits per heavy atom. The minimum absolute atomic E-state index is 0.150. The summed E-state index contributed by atoms with van der Waals surface area (Å²) in [6.45, 7) is 6.15. The van der Waals surface area contributed by atoms with Crippen molar-refractivity contribution in [3.05, 3.63) is 47.3 Å². The highest BCUT2D eigenvalue weighted by atomic mass is 19.1. The Balaban J connectivity index is 1.32. The average Bonchev–Trinajstić information content (AvgIpc) is 2.89. The summed E-state index contributed by atoms with van der Waals surface area (Å²) in [6, 6.07) is 6.95. The molecule has 2 saturated heterocycles. The summed E-state index contributed by atoms with van der Waals surface area (Å²) < 4.78 is 15.6. The van der Waals surface area contributed by atoms with E-state index in [4.69, 9.17) is 0 Å². The van der Waals surface area contributed by atoms with Crippen LogP contribution in [-0.2, 0) is 20.1 Å². The van der Waals surface area contributed by atoms with Crippen molar-refractivity contribution in [2.45, 2.75) is 57.5 Å². The second-order valence-corrected chi connectivity index (χ2v) is 8.40. The van der Waals surface area contributed by atoms with E-state index in [1.807, 2.05) is 6.07 Å². The van der Waals surface area contributed by atoms with Crippen LogP contribution in [0.15, 0.2) is 24.3 Å². The van der Waals surface area contributed by atoms with E-state index in [2.05, 4.69) is 31.6 Å². The van der Waals surface area contributed by atoms with Crippen LogP contribution in [0.1, 0.15) is 61.7 Å². The van der Waals surface area contributed by atoms with Crippen LogP contribution in [0.4, 0.5) is 4.39 Å². The fourth-order valence-electron chi connectivity index (χ4n) is 4.61. The summed E-state index contributed by atoms with van der Waals surface area (Å²) in [7, 11) is 2.13. The van der Waals surface area contributed by atoms with Crippen molar-refractivity contribution >= 4 is 0 Å². The SMILES string of the molecule is Cn1c(CN2CCCCCC2)nnc1C1CCN(Cc2cccc(F)c2)CC1. The Morgan fingerprint density at radius 3 is 2.36 bits per heavy atom. The zero-order valence-corrected chi connectivity index (χ0v) is 17.0. The van der Waals surface area contributed by atoms with Crippen molar-refractivity contribution in [2.24, 2.45) is 7.05 Å². The first-order chi connectivity index (χ1) is 13.7. The summed E-state index contributed by atoms with van der Waals surface area (Å²) in [6.07, 6.45) is 7.49. The molecular formula is C22H32FN5. The molecule has 2 aliphatic heterocycles. The third-order valence-electron chi connectivity index (χ3n) is 6.31. The monoisotopic (exact) mass is 385 g/mol. The lowest BCUT2D eigenvalue weighted by Crippen LogP contribution is -2.33. The standard InChI is InChI=1S/C22H32FN5/c1-26-21(17-27-11-4-2-3-5-12-27)24-25-22(26)19-9-13-28(14-10-19)16-18-7-6-8-20(23)15-18/h6-8,15,19H,2-5,9-14,16-17H2,1H3. The van der Waals surface area contributed by atoms with Gasteiger partial charge in [-0.2, -0.15) is 0 Å². The van der Waals surface area contributed by atoms with Crippen molar-refractivity contribution < 1.29 is 4.39 Å². The number of piperidine rings is 1. The van der Waals surface area contributed by atoms with Crippen LogP contribution >= 0.6 is 0 Å². The van der Waals surface area contributed by atoms with Crippen LogP contribution in [0.5, 0.6) is 0 Å². The van der Waals surface area contributed by atoms with Gasteiger partial charge in [-0.3, -0.25) is 9.80 Å². The van der Waals surface area contributed by atoms with Crippen LogP contribution in [0.3, 0.4) is 0 Å². The van der Waals surface area contributed by atoms with E-state index in [1.54, 1.807) is 12.1 Å². The summed E-state index contributed by atoms with van der Waals surface area (Å²) in [5.41, 5.74) is 1.05. The number of benzene rings is 1. The maximum atomic E-state index is 13.4. The van der Waals surface area contributed by atoms with Crippen LogP contribution < -0.4 is 0 Å². The largest absolute Gasteiger partial charge is 0.317 e. The summed E-state index contributed by atoms with van der Waals surface area (Å²) in [4.78, 5) is 4.95. The van der Waals surface area contributed by atoms with E-state index >= 15 is 0 Å². The van der Waals surface area contributed by atoms with Crippen molar-refractivity contribution in [1.29, 1.82) is 0 Å². The minimum Gasteiger partial charge on any atom is -0.317 e.